The number of hydrogen-bond acceptors (Lipinski definition) is 3. The Morgan fingerprint density at radius 2 is 2.33 bits per heavy atom. The van der Waals surface area contributed by atoms with Gasteiger partial charge in [-0.1, -0.05) is 0 Å². The average Bonchev–Trinajstić information content (AvgIpc) is 2.59. The van der Waals surface area contributed by atoms with E-state index < -0.39 is 11.9 Å². The van der Waals surface area contributed by atoms with Gasteiger partial charge in [0.1, 0.15) is 5.82 Å². The molecule has 1 aromatic carbocycles. The summed E-state index contributed by atoms with van der Waals surface area (Å²) in [6.45, 7) is 1.70. The molecule has 0 spiro atoms. The molecule has 0 aromatic heterocycles. The van der Waals surface area contributed by atoms with E-state index in [1.54, 1.807) is 6.92 Å². The summed E-state index contributed by atoms with van der Waals surface area (Å²) in [6.07, 6.45) is -0.418. The summed E-state index contributed by atoms with van der Waals surface area (Å²) < 4.78 is 24.4. The van der Waals surface area contributed by atoms with Crippen LogP contribution in [-0.2, 0) is 6.42 Å². The summed E-state index contributed by atoms with van der Waals surface area (Å²) in [5.74, 6) is 0.510. The molecule has 2 rings (SSSR count). The van der Waals surface area contributed by atoms with Gasteiger partial charge in [0.25, 0.3) is 0 Å². The van der Waals surface area contributed by atoms with E-state index in [1.165, 1.54) is 6.07 Å². The van der Waals surface area contributed by atoms with E-state index in [9.17, 15) is 9.50 Å². The first-order chi connectivity index (χ1) is 7.09. The van der Waals surface area contributed by atoms with Gasteiger partial charge in [-0.05, 0) is 22.9 Å². The number of rotatable bonds is 2. The minimum atomic E-state index is -0.623. The third kappa shape index (κ3) is 1.94. The quantitative estimate of drug-likeness (QED) is 0.901. The number of fused-ring (bicyclic) bond motifs is 1. The summed E-state index contributed by atoms with van der Waals surface area (Å²) in [4.78, 5) is 0. The molecule has 1 aliphatic rings. The lowest BCUT2D eigenvalue weighted by Gasteiger charge is -2.10. The van der Waals surface area contributed by atoms with Crippen LogP contribution >= 0.6 is 15.9 Å². The Balaban J connectivity index is 2.50. The van der Waals surface area contributed by atoms with Gasteiger partial charge in [0.2, 0.25) is 6.79 Å². The van der Waals surface area contributed by atoms with Crippen LogP contribution in [0.4, 0.5) is 4.39 Å². The van der Waals surface area contributed by atoms with Crippen LogP contribution in [0.5, 0.6) is 11.5 Å². The lowest BCUT2D eigenvalue weighted by molar-refractivity contribution is 0.169. The minimum absolute atomic E-state index is 0.0953. The molecule has 0 fully saturated rings. The smallest absolute Gasteiger partial charge is 0.231 e. The lowest BCUT2D eigenvalue weighted by Crippen LogP contribution is -2.07. The number of ether oxygens (including phenoxy) is 2. The zero-order chi connectivity index (χ0) is 11.0. The van der Waals surface area contributed by atoms with Gasteiger partial charge in [0, 0.05) is 18.1 Å². The normalized spacial score (nSPS) is 15.5. The SMILES string of the molecule is CC(O)Cc1c(F)c(Br)cc2c1OCO2. The van der Waals surface area contributed by atoms with Crippen molar-refractivity contribution in [3.05, 3.63) is 21.9 Å². The molecule has 15 heavy (non-hydrogen) atoms. The fraction of sp³-hybridized carbons (Fsp3) is 0.400. The Labute approximate surface area is 94.9 Å². The van der Waals surface area contributed by atoms with E-state index in [2.05, 4.69) is 15.9 Å². The minimum Gasteiger partial charge on any atom is -0.454 e. The van der Waals surface area contributed by atoms with Crippen LogP contribution in [0.2, 0.25) is 0 Å². The van der Waals surface area contributed by atoms with E-state index >= 15 is 0 Å². The number of hydrogen-bond donors (Lipinski definition) is 1. The zero-order valence-corrected chi connectivity index (χ0v) is 9.67. The molecule has 0 aliphatic carbocycles. The van der Waals surface area contributed by atoms with Crippen molar-refractivity contribution in [3.8, 4) is 11.5 Å². The highest BCUT2D eigenvalue weighted by molar-refractivity contribution is 9.10. The summed E-state index contributed by atoms with van der Waals surface area (Å²) >= 11 is 3.10. The standard InChI is InChI=1S/C10H10BrFO3/c1-5(13)2-6-9(12)7(11)3-8-10(6)15-4-14-8/h3,5,13H,2,4H2,1H3. The largest absolute Gasteiger partial charge is 0.454 e. The first kappa shape index (κ1) is 10.7. The van der Waals surface area contributed by atoms with Gasteiger partial charge < -0.3 is 14.6 Å². The highest BCUT2D eigenvalue weighted by Gasteiger charge is 2.24. The third-order valence-corrected chi connectivity index (χ3v) is 2.72. The van der Waals surface area contributed by atoms with E-state index in [1.807, 2.05) is 0 Å². The number of aliphatic hydroxyl groups excluding tert-OH is 1. The van der Waals surface area contributed by atoms with E-state index in [-0.39, 0.29) is 13.2 Å². The monoisotopic (exact) mass is 276 g/mol. The maximum atomic E-state index is 13.7. The van der Waals surface area contributed by atoms with Gasteiger partial charge in [-0.3, -0.25) is 0 Å². The Bertz CT molecular complexity index is 393. The Morgan fingerprint density at radius 3 is 3.00 bits per heavy atom. The summed E-state index contributed by atoms with van der Waals surface area (Å²) in [7, 11) is 0. The topological polar surface area (TPSA) is 38.7 Å². The van der Waals surface area contributed by atoms with Crippen molar-refractivity contribution in [1.82, 2.24) is 0 Å². The molecule has 5 heteroatoms. The van der Waals surface area contributed by atoms with Crippen molar-refractivity contribution >= 4 is 15.9 Å². The molecule has 1 aliphatic heterocycles. The second kappa shape index (κ2) is 3.98. The molecule has 0 saturated carbocycles. The van der Waals surface area contributed by atoms with Crippen LogP contribution in [-0.4, -0.2) is 18.0 Å². The van der Waals surface area contributed by atoms with E-state index in [0.717, 1.165) is 0 Å². The molecule has 1 unspecified atom stereocenters. The van der Waals surface area contributed by atoms with Gasteiger partial charge >= 0.3 is 0 Å². The van der Waals surface area contributed by atoms with E-state index in [4.69, 9.17) is 9.47 Å². The molecule has 0 amide bonds. The van der Waals surface area contributed by atoms with Gasteiger partial charge in [-0.15, -0.1) is 0 Å². The summed E-state index contributed by atoms with van der Waals surface area (Å²) in [6, 6.07) is 1.53. The fourth-order valence-corrected chi connectivity index (χ4v) is 1.98. The Kier molecular flexibility index (Phi) is 2.84. The van der Waals surface area contributed by atoms with Crippen molar-refractivity contribution < 1.29 is 19.0 Å². The van der Waals surface area contributed by atoms with Crippen LogP contribution in [0, 0.1) is 5.82 Å². The molecule has 0 saturated heterocycles. The van der Waals surface area contributed by atoms with Crippen LogP contribution in [0.3, 0.4) is 0 Å². The third-order valence-electron chi connectivity index (χ3n) is 2.15. The molecular formula is C10H10BrFO3. The van der Waals surface area contributed by atoms with Gasteiger partial charge in [-0.25, -0.2) is 4.39 Å². The molecule has 1 atom stereocenters. The molecule has 0 radical (unpaired) electrons. The molecular weight excluding hydrogens is 267 g/mol. The fourth-order valence-electron chi connectivity index (χ4n) is 1.53. The summed E-state index contributed by atoms with van der Waals surface area (Å²) in [5, 5.41) is 9.27. The maximum Gasteiger partial charge on any atom is 0.231 e. The first-order valence-electron chi connectivity index (χ1n) is 4.54. The highest BCUT2D eigenvalue weighted by atomic mass is 79.9. The second-order valence-electron chi connectivity index (χ2n) is 3.44. The summed E-state index contributed by atoms with van der Waals surface area (Å²) in [5.41, 5.74) is 0.354. The van der Waals surface area contributed by atoms with Crippen molar-refractivity contribution in [2.24, 2.45) is 0 Å². The van der Waals surface area contributed by atoms with Crippen LogP contribution in [0.15, 0.2) is 10.5 Å². The average molecular weight is 277 g/mol. The van der Waals surface area contributed by atoms with Crippen LogP contribution < -0.4 is 9.47 Å². The Morgan fingerprint density at radius 1 is 1.60 bits per heavy atom. The van der Waals surface area contributed by atoms with Crippen molar-refractivity contribution in [2.45, 2.75) is 19.4 Å². The maximum absolute atomic E-state index is 13.7. The Hall–Kier alpha value is -0.810. The predicted molar refractivity (Wildman–Crippen MR) is 55.6 cm³/mol. The highest BCUT2D eigenvalue weighted by Crippen LogP contribution is 2.41. The van der Waals surface area contributed by atoms with Crippen molar-refractivity contribution in [3.63, 3.8) is 0 Å². The lowest BCUT2D eigenvalue weighted by atomic mass is 10.1. The number of halogens is 2. The second-order valence-corrected chi connectivity index (χ2v) is 4.29. The van der Waals surface area contributed by atoms with Crippen LogP contribution in [0.1, 0.15) is 12.5 Å². The molecule has 1 heterocycles. The van der Waals surface area contributed by atoms with Crippen molar-refractivity contribution in [2.75, 3.05) is 6.79 Å². The van der Waals surface area contributed by atoms with Crippen LogP contribution in [0.25, 0.3) is 0 Å². The molecule has 82 valence electrons. The van der Waals surface area contributed by atoms with Gasteiger partial charge in [0.05, 0.1) is 10.6 Å². The number of benzene rings is 1. The van der Waals surface area contributed by atoms with Gasteiger partial charge in [0.15, 0.2) is 11.5 Å². The van der Waals surface area contributed by atoms with E-state index in [0.29, 0.717) is 21.5 Å². The first-order valence-corrected chi connectivity index (χ1v) is 5.33. The molecule has 1 N–H and O–H groups in total. The number of aliphatic hydroxyl groups is 1. The zero-order valence-electron chi connectivity index (χ0n) is 8.09. The molecule has 3 nitrogen and oxygen atoms in total. The predicted octanol–water partition coefficient (Wildman–Crippen LogP) is 2.24. The molecule has 1 aromatic rings. The van der Waals surface area contributed by atoms with Crippen molar-refractivity contribution in [1.29, 1.82) is 0 Å². The molecule has 0 bridgehead atoms. The van der Waals surface area contributed by atoms with Gasteiger partial charge in [-0.2, -0.15) is 0 Å².